The molecule has 0 radical (unpaired) electrons. The number of benzene rings is 1. The van der Waals surface area contributed by atoms with Crippen molar-refractivity contribution in [3.05, 3.63) is 28.5 Å². The molecule has 2 unspecified atom stereocenters. The first-order valence-corrected chi connectivity index (χ1v) is 7.39. The van der Waals surface area contributed by atoms with E-state index < -0.39 is 0 Å². The van der Waals surface area contributed by atoms with Gasteiger partial charge in [0.25, 0.3) is 0 Å². The lowest BCUT2D eigenvalue weighted by molar-refractivity contribution is 0.370. The quantitative estimate of drug-likeness (QED) is 0.901. The number of nitrogens with zero attached hydrogens (tertiary/aromatic N) is 1. The summed E-state index contributed by atoms with van der Waals surface area (Å²) in [7, 11) is 2.03. The van der Waals surface area contributed by atoms with Gasteiger partial charge in [0.05, 0.1) is 5.69 Å². The third kappa shape index (κ3) is 1.95. The molecule has 4 heteroatoms. The topological polar surface area (TPSA) is 15.3 Å². The highest BCUT2D eigenvalue weighted by Crippen LogP contribution is 2.43. The fraction of sp³-hybridized carbons (Fsp3) is 0.571. The van der Waals surface area contributed by atoms with Crippen LogP contribution in [0.4, 0.5) is 10.1 Å². The highest BCUT2D eigenvalue weighted by atomic mass is 79.9. The normalized spacial score (nSPS) is 30.8. The Hall–Kier alpha value is -0.610. The number of hydrogen-bond acceptors (Lipinski definition) is 2. The molecule has 0 aliphatic carbocycles. The van der Waals surface area contributed by atoms with Crippen LogP contribution in [0.2, 0.25) is 0 Å². The van der Waals surface area contributed by atoms with Crippen LogP contribution in [-0.2, 0) is 0 Å². The molecule has 2 saturated heterocycles. The van der Waals surface area contributed by atoms with Crippen LogP contribution in [-0.4, -0.2) is 25.2 Å². The van der Waals surface area contributed by atoms with Crippen molar-refractivity contribution in [1.29, 1.82) is 0 Å². The van der Waals surface area contributed by atoms with Gasteiger partial charge in [-0.25, -0.2) is 4.39 Å². The maximum Gasteiger partial charge on any atom is 0.147 e. The maximum atomic E-state index is 14.1. The van der Waals surface area contributed by atoms with Crippen molar-refractivity contribution in [2.24, 2.45) is 0 Å². The fourth-order valence-corrected chi connectivity index (χ4v) is 4.06. The first-order valence-electron chi connectivity index (χ1n) is 6.60. The van der Waals surface area contributed by atoms with Gasteiger partial charge in [-0.15, -0.1) is 0 Å². The van der Waals surface area contributed by atoms with Gasteiger partial charge in [0.1, 0.15) is 5.82 Å². The summed E-state index contributed by atoms with van der Waals surface area (Å²) in [5, 5.41) is 3.37. The van der Waals surface area contributed by atoms with Gasteiger partial charge in [0.15, 0.2) is 0 Å². The second kappa shape index (κ2) is 4.82. The summed E-state index contributed by atoms with van der Waals surface area (Å²) in [4.78, 5) is 2.31. The Bertz CT molecular complexity index is 417. The summed E-state index contributed by atoms with van der Waals surface area (Å²) in [6, 6.07) is 6.80. The van der Waals surface area contributed by atoms with E-state index in [1.54, 1.807) is 12.1 Å². The monoisotopic (exact) mass is 312 g/mol. The number of rotatable bonds is 2. The summed E-state index contributed by atoms with van der Waals surface area (Å²) >= 11 is 3.50. The van der Waals surface area contributed by atoms with Gasteiger partial charge >= 0.3 is 0 Å². The summed E-state index contributed by atoms with van der Waals surface area (Å²) in [5.74, 6) is -0.107. The van der Waals surface area contributed by atoms with E-state index in [9.17, 15) is 4.39 Å². The molecular weight excluding hydrogens is 295 g/mol. The van der Waals surface area contributed by atoms with Gasteiger partial charge in [-0.05, 0) is 60.8 Å². The van der Waals surface area contributed by atoms with Crippen LogP contribution in [0, 0.1) is 5.82 Å². The Kier molecular flexibility index (Phi) is 3.32. The van der Waals surface area contributed by atoms with E-state index in [1.807, 2.05) is 13.1 Å². The predicted molar refractivity (Wildman–Crippen MR) is 75.5 cm³/mol. The van der Waals surface area contributed by atoms with Gasteiger partial charge in [-0.3, -0.25) is 0 Å². The van der Waals surface area contributed by atoms with Crippen LogP contribution in [0.3, 0.4) is 0 Å². The third-order valence-electron chi connectivity index (χ3n) is 4.34. The van der Waals surface area contributed by atoms with Gasteiger partial charge in [-0.2, -0.15) is 0 Å². The van der Waals surface area contributed by atoms with Crippen molar-refractivity contribution < 1.29 is 4.39 Å². The third-order valence-corrected chi connectivity index (χ3v) is 4.98. The maximum absolute atomic E-state index is 14.1. The Morgan fingerprint density at radius 1 is 1.28 bits per heavy atom. The van der Waals surface area contributed by atoms with Crippen LogP contribution < -0.4 is 10.2 Å². The molecule has 2 aliphatic heterocycles. The fourth-order valence-electron chi connectivity index (χ4n) is 3.51. The first-order chi connectivity index (χ1) is 8.70. The van der Waals surface area contributed by atoms with Gasteiger partial charge in [-0.1, -0.05) is 6.07 Å². The summed E-state index contributed by atoms with van der Waals surface area (Å²) in [6.45, 7) is 0. The number of anilines is 1. The molecule has 0 spiro atoms. The zero-order valence-electron chi connectivity index (χ0n) is 10.5. The van der Waals surface area contributed by atoms with Crippen LogP contribution in [0.15, 0.2) is 22.7 Å². The molecule has 18 heavy (non-hydrogen) atoms. The molecule has 98 valence electrons. The Labute approximate surface area is 116 Å². The molecule has 2 atom stereocenters. The number of fused-ring (bicyclic) bond motifs is 2. The number of hydrogen-bond donors (Lipinski definition) is 1. The molecule has 0 aromatic heterocycles. The Morgan fingerprint density at radius 2 is 1.94 bits per heavy atom. The lowest BCUT2D eigenvalue weighted by Gasteiger charge is -2.41. The first kappa shape index (κ1) is 12.4. The van der Waals surface area contributed by atoms with Crippen molar-refractivity contribution in [1.82, 2.24) is 5.32 Å². The van der Waals surface area contributed by atoms with E-state index in [-0.39, 0.29) is 5.82 Å². The molecule has 1 aromatic rings. The molecule has 2 nitrogen and oxygen atoms in total. The number of para-hydroxylation sites is 1. The molecule has 2 heterocycles. The lowest BCUT2D eigenvalue weighted by Crippen LogP contribution is -2.48. The van der Waals surface area contributed by atoms with Crippen molar-refractivity contribution >= 4 is 21.6 Å². The second-order valence-electron chi connectivity index (χ2n) is 5.32. The zero-order valence-corrected chi connectivity index (χ0v) is 12.1. The van der Waals surface area contributed by atoms with Crippen LogP contribution >= 0.6 is 15.9 Å². The van der Waals surface area contributed by atoms with Crippen molar-refractivity contribution in [3.8, 4) is 0 Å². The number of halogens is 2. The van der Waals surface area contributed by atoms with Crippen LogP contribution in [0.1, 0.15) is 25.7 Å². The molecule has 0 saturated carbocycles. The van der Waals surface area contributed by atoms with E-state index in [2.05, 4.69) is 26.1 Å². The largest absolute Gasteiger partial charge is 0.362 e. The predicted octanol–water partition coefficient (Wildman–Crippen LogP) is 3.31. The molecule has 2 bridgehead atoms. The summed E-state index contributed by atoms with van der Waals surface area (Å²) in [6.07, 6.45) is 4.61. The smallest absolute Gasteiger partial charge is 0.147 e. The molecule has 0 amide bonds. The zero-order chi connectivity index (χ0) is 12.7. The minimum absolute atomic E-state index is 0.107. The van der Waals surface area contributed by atoms with Gasteiger partial charge in [0.2, 0.25) is 0 Å². The van der Waals surface area contributed by atoms with Crippen molar-refractivity contribution in [2.45, 2.75) is 43.8 Å². The van der Waals surface area contributed by atoms with Crippen LogP contribution in [0.5, 0.6) is 0 Å². The van der Waals surface area contributed by atoms with Crippen molar-refractivity contribution in [3.63, 3.8) is 0 Å². The molecule has 2 aliphatic rings. The highest BCUT2D eigenvalue weighted by Gasteiger charge is 2.41. The molecule has 3 rings (SSSR count). The molecule has 1 N–H and O–H groups in total. The van der Waals surface area contributed by atoms with Crippen LogP contribution in [0.25, 0.3) is 0 Å². The minimum Gasteiger partial charge on any atom is -0.362 e. The van der Waals surface area contributed by atoms with E-state index >= 15 is 0 Å². The summed E-state index contributed by atoms with van der Waals surface area (Å²) in [5.41, 5.74) is 0.763. The van der Waals surface area contributed by atoms with E-state index in [0.717, 1.165) is 23.0 Å². The van der Waals surface area contributed by atoms with E-state index in [0.29, 0.717) is 18.1 Å². The number of nitrogens with one attached hydrogen (secondary N) is 1. The minimum atomic E-state index is -0.107. The average molecular weight is 313 g/mol. The Morgan fingerprint density at radius 3 is 2.50 bits per heavy atom. The molecular formula is C14H18BrFN2. The van der Waals surface area contributed by atoms with Gasteiger partial charge < -0.3 is 10.2 Å². The Balaban J connectivity index is 1.94. The van der Waals surface area contributed by atoms with Crippen molar-refractivity contribution in [2.75, 3.05) is 11.9 Å². The standard InChI is InChI=1S/C14H18BrFN2/c1-17-9-7-10-5-6-11(8-9)18(10)14-12(15)3-2-4-13(14)16/h2-4,9-11,17H,5-8H2,1H3. The molecule has 2 fully saturated rings. The van der Waals surface area contributed by atoms with E-state index in [4.69, 9.17) is 0 Å². The summed E-state index contributed by atoms with van der Waals surface area (Å²) < 4.78 is 15.0. The lowest BCUT2D eigenvalue weighted by atomic mass is 9.96. The SMILES string of the molecule is CNC1CC2CCC(C1)N2c1c(F)cccc1Br. The van der Waals surface area contributed by atoms with Gasteiger partial charge in [0, 0.05) is 22.6 Å². The second-order valence-corrected chi connectivity index (χ2v) is 6.17. The highest BCUT2D eigenvalue weighted by molar-refractivity contribution is 9.10. The van der Waals surface area contributed by atoms with E-state index in [1.165, 1.54) is 12.8 Å². The average Bonchev–Trinajstić information content (AvgIpc) is 2.61. The molecule has 1 aromatic carbocycles. The number of piperidine rings is 1.